The molecular formula is C23H28N3O3+. The van der Waals surface area contributed by atoms with Crippen molar-refractivity contribution in [3.05, 3.63) is 71.1 Å². The van der Waals surface area contributed by atoms with Crippen LogP contribution in [0.1, 0.15) is 36.6 Å². The van der Waals surface area contributed by atoms with Gasteiger partial charge in [-0.05, 0) is 32.4 Å². The van der Waals surface area contributed by atoms with Crippen LogP contribution in [0.25, 0.3) is 5.76 Å². The Balaban J connectivity index is 2.06. The van der Waals surface area contributed by atoms with Crippen LogP contribution in [0.4, 0.5) is 0 Å². The number of quaternary nitrogens is 1. The molecule has 1 fully saturated rings. The number of pyridine rings is 1. The number of amides is 1. The standard InChI is InChI=1S/C23H27N3O3/c1-4-25(5-2)13-14-26-20(18-7-6-12-24-15-18)19(22(28)23(26)29)21(27)17-10-8-16(3)9-11-17/h6-12,15,20,27H,4-5,13-14H2,1-3H3/p+1/b21-19-/t20-/m0/s1. The fourth-order valence-electron chi connectivity index (χ4n) is 3.74. The van der Waals surface area contributed by atoms with Gasteiger partial charge in [-0.1, -0.05) is 35.9 Å². The number of hydrogen-bond donors (Lipinski definition) is 2. The number of likely N-dealkylation sites (N-methyl/N-ethyl adjacent to an activating group) is 1. The molecule has 6 heteroatoms. The van der Waals surface area contributed by atoms with Gasteiger partial charge in [-0.3, -0.25) is 14.6 Å². The molecule has 1 aliphatic heterocycles. The number of aliphatic hydroxyl groups excluding tert-OH is 1. The first-order valence-corrected chi connectivity index (χ1v) is 10.1. The molecule has 29 heavy (non-hydrogen) atoms. The highest BCUT2D eigenvalue weighted by Gasteiger charge is 2.46. The molecule has 1 aromatic heterocycles. The van der Waals surface area contributed by atoms with Crippen LogP contribution in [0.5, 0.6) is 0 Å². The number of nitrogens with one attached hydrogen (secondary N) is 1. The average molecular weight is 394 g/mol. The minimum Gasteiger partial charge on any atom is -0.507 e. The molecule has 1 saturated heterocycles. The summed E-state index contributed by atoms with van der Waals surface area (Å²) in [7, 11) is 0. The second kappa shape index (κ2) is 9.01. The molecule has 1 atom stereocenters. The van der Waals surface area contributed by atoms with E-state index >= 15 is 0 Å². The number of likely N-dealkylation sites (tertiary alicyclic amines) is 1. The van der Waals surface area contributed by atoms with E-state index in [1.54, 1.807) is 35.5 Å². The summed E-state index contributed by atoms with van der Waals surface area (Å²) in [5.41, 5.74) is 2.42. The van der Waals surface area contributed by atoms with Crippen molar-refractivity contribution >= 4 is 17.4 Å². The predicted molar refractivity (Wildman–Crippen MR) is 111 cm³/mol. The largest absolute Gasteiger partial charge is 0.507 e. The lowest BCUT2D eigenvalue weighted by Gasteiger charge is -2.26. The van der Waals surface area contributed by atoms with Crippen LogP contribution < -0.4 is 4.90 Å². The Morgan fingerprint density at radius 2 is 1.83 bits per heavy atom. The van der Waals surface area contributed by atoms with Crippen molar-refractivity contribution in [1.29, 1.82) is 0 Å². The van der Waals surface area contributed by atoms with Crippen LogP contribution in [0, 0.1) is 6.92 Å². The Bertz CT molecular complexity index is 903. The zero-order valence-electron chi connectivity index (χ0n) is 17.2. The van der Waals surface area contributed by atoms with Crippen molar-refractivity contribution in [2.24, 2.45) is 0 Å². The van der Waals surface area contributed by atoms with E-state index in [2.05, 4.69) is 18.8 Å². The molecule has 0 spiro atoms. The average Bonchev–Trinajstić information content (AvgIpc) is 3.00. The molecule has 2 heterocycles. The van der Waals surface area contributed by atoms with Gasteiger partial charge in [0.1, 0.15) is 5.76 Å². The van der Waals surface area contributed by atoms with Crippen molar-refractivity contribution in [2.45, 2.75) is 26.8 Å². The van der Waals surface area contributed by atoms with E-state index in [4.69, 9.17) is 0 Å². The van der Waals surface area contributed by atoms with Crippen LogP contribution in [0.3, 0.4) is 0 Å². The number of hydrogen-bond acceptors (Lipinski definition) is 4. The highest BCUT2D eigenvalue weighted by Crippen LogP contribution is 2.38. The molecule has 0 aliphatic carbocycles. The van der Waals surface area contributed by atoms with Crippen LogP contribution in [0.2, 0.25) is 0 Å². The minimum atomic E-state index is -0.647. The molecule has 0 bridgehead atoms. The Morgan fingerprint density at radius 3 is 2.41 bits per heavy atom. The van der Waals surface area contributed by atoms with Gasteiger partial charge in [0, 0.05) is 18.0 Å². The fourth-order valence-corrected chi connectivity index (χ4v) is 3.74. The van der Waals surface area contributed by atoms with Gasteiger partial charge in [-0.15, -0.1) is 0 Å². The van der Waals surface area contributed by atoms with Gasteiger partial charge in [-0.25, -0.2) is 0 Å². The van der Waals surface area contributed by atoms with Crippen LogP contribution in [0.15, 0.2) is 54.4 Å². The first kappa shape index (κ1) is 20.7. The molecule has 1 aromatic carbocycles. The van der Waals surface area contributed by atoms with E-state index in [0.717, 1.165) is 30.8 Å². The van der Waals surface area contributed by atoms with Crippen LogP contribution in [-0.2, 0) is 9.59 Å². The molecule has 0 unspecified atom stereocenters. The Hall–Kier alpha value is -2.99. The number of carbonyl (C=O) groups is 2. The summed E-state index contributed by atoms with van der Waals surface area (Å²) >= 11 is 0. The third-order valence-electron chi connectivity index (χ3n) is 5.57. The maximum Gasteiger partial charge on any atom is 0.295 e. The molecule has 2 N–H and O–H groups in total. The van der Waals surface area contributed by atoms with Gasteiger partial charge in [0.2, 0.25) is 0 Å². The molecule has 1 aliphatic rings. The highest BCUT2D eigenvalue weighted by molar-refractivity contribution is 6.46. The molecule has 1 amide bonds. The monoisotopic (exact) mass is 394 g/mol. The zero-order valence-corrected chi connectivity index (χ0v) is 17.2. The Labute approximate surface area is 171 Å². The maximum absolute atomic E-state index is 12.9. The third-order valence-corrected chi connectivity index (χ3v) is 5.57. The summed E-state index contributed by atoms with van der Waals surface area (Å²) in [6.45, 7) is 9.22. The van der Waals surface area contributed by atoms with Gasteiger partial charge in [0.15, 0.2) is 0 Å². The number of aryl methyl sites for hydroxylation is 1. The molecule has 2 aromatic rings. The zero-order chi connectivity index (χ0) is 21.0. The van der Waals surface area contributed by atoms with Gasteiger partial charge < -0.3 is 14.9 Å². The van der Waals surface area contributed by atoms with E-state index in [1.165, 1.54) is 4.90 Å². The topological polar surface area (TPSA) is 74.9 Å². The third kappa shape index (κ3) is 4.22. The van der Waals surface area contributed by atoms with E-state index in [-0.39, 0.29) is 11.3 Å². The van der Waals surface area contributed by atoms with Crippen molar-refractivity contribution in [3.63, 3.8) is 0 Å². The molecule has 152 valence electrons. The Kier molecular flexibility index (Phi) is 6.44. The number of benzene rings is 1. The normalized spacial score (nSPS) is 18.6. The lowest BCUT2D eigenvalue weighted by Crippen LogP contribution is -3.12. The van der Waals surface area contributed by atoms with Crippen molar-refractivity contribution < 1.29 is 19.6 Å². The Morgan fingerprint density at radius 1 is 1.14 bits per heavy atom. The lowest BCUT2D eigenvalue weighted by atomic mass is 9.96. The lowest BCUT2D eigenvalue weighted by molar-refractivity contribution is -0.895. The second-order valence-electron chi connectivity index (χ2n) is 7.35. The van der Waals surface area contributed by atoms with Crippen molar-refractivity contribution in [2.75, 3.05) is 26.2 Å². The number of nitrogens with zero attached hydrogens (tertiary/aromatic N) is 2. The van der Waals surface area contributed by atoms with Gasteiger partial charge in [0.25, 0.3) is 11.7 Å². The van der Waals surface area contributed by atoms with E-state index in [9.17, 15) is 14.7 Å². The first-order valence-electron chi connectivity index (χ1n) is 10.1. The number of ketones is 1. The van der Waals surface area contributed by atoms with Crippen LogP contribution >= 0.6 is 0 Å². The first-order chi connectivity index (χ1) is 14.0. The molecule has 0 radical (unpaired) electrons. The van der Waals surface area contributed by atoms with Crippen molar-refractivity contribution in [1.82, 2.24) is 9.88 Å². The predicted octanol–water partition coefficient (Wildman–Crippen LogP) is 1.74. The van der Waals surface area contributed by atoms with E-state index in [0.29, 0.717) is 12.1 Å². The quantitative estimate of drug-likeness (QED) is 0.426. The minimum absolute atomic E-state index is 0.126. The number of aliphatic hydroxyl groups is 1. The summed E-state index contributed by atoms with van der Waals surface area (Å²) in [5, 5.41) is 11.0. The summed E-state index contributed by atoms with van der Waals surface area (Å²) < 4.78 is 0. The van der Waals surface area contributed by atoms with E-state index in [1.807, 2.05) is 25.1 Å². The van der Waals surface area contributed by atoms with Gasteiger partial charge in [-0.2, -0.15) is 0 Å². The number of carbonyl (C=O) groups excluding carboxylic acids is 2. The number of aromatic nitrogens is 1. The number of rotatable bonds is 7. The fraction of sp³-hybridized carbons (Fsp3) is 0.348. The van der Waals surface area contributed by atoms with Gasteiger partial charge >= 0.3 is 0 Å². The summed E-state index contributed by atoms with van der Waals surface area (Å²) in [6, 6.07) is 10.2. The highest BCUT2D eigenvalue weighted by atomic mass is 16.3. The SMILES string of the molecule is CC[NH+](CC)CCN1C(=O)C(=O)/C(=C(\O)c2ccc(C)cc2)[C@@H]1c1cccnc1. The molecule has 6 nitrogen and oxygen atoms in total. The van der Waals surface area contributed by atoms with E-state index < -0.39 is 17.7 Å². The second-order valence-corrected chi connectivity index (χ2v) is 7.35. The summed E-state index contributed by atoms with van der Waals surface area (Å²) in [5.74, 6) is -1.36. The molecule has 3 rings (SSSR count). The number of Topliss-reactive ketones (excluding diaryl/α,β-unsaturated/α-hetero) is 1. The summed E-state index contributed by atoms with van der Waals surface area (Å²) in [4.78, 5) is 32.9. The smallest absolute Gasteiger partial charge is 0.295 e. The molecule has 0 saturated carbocycles. The summed E-state index contributed by atoms with van der Waals surface area (Å²) in [6.07, 6.45) is 3.30. The van der Waals surface area contributed by atoms with Gasteiger partial charge in [0.05, 0.1) is 37.8 Å². The maximum atomic E-state index is 12.9. The van der Waals surface area contributed by atoms with Crippen LogP contribution in [-0.4, -0.2) is 52.9 Å². The van der Waals surface area contributed by atoms with Crippen molar-refractivity contribution in [3.8, 4) is 0 Å². The molecular weight excluding hydrogens is 366 g/mol.